The first-order valence-corrected chi connectivity index (χ1v) is 7.51. The minimum atomic E-state index is 0.744. The van der Waals surface area contributed by atoms with Crippen molar-refractivity contribution in [1.82, 2.24) is 4.90 Å². The molecule has 1 aromatic rings. The Kier molecular flexibility index (Phi) is 6.15. The molecule has 2 rings (SSSR count). The highest BCUT2D eigenvalue weighted by molar-refractivity contribution is 5.31. The molecule has 0 bridgehead atoms. The van der Waals surface area contributed by atoms with Gasteiger partial charge in [0.05, 0.1) is 7.11 Å². The number of piperidine rings is 1. The van der Waals surface area contributed by atoms with Gasteiger partial charge < -0.3 is 15.2 Å². The predicted octanol–water partition coefficient (Wildman–Crippen LogP) is 2.13. The van der Waals surface area contributed by atoms with E-state index >= 15 is 0 Å². The zero-order valence-corrected chi connectivity index (χ0v) is 12.4. The molecule has 0 unspecified atom stereocenters. The second kappa shape index (κ2) is 8.12. The zero-order chi connectivity index (χ0) is 14.2. The number of benzene rings is 1. The lowest BCUT2D eigenvalue weighted by molar-refractivity contribution is 0.152. The Labute approximate surface area is 121 Å². The summed E-state index contributed by atoms with van der Waals surface area (Å²) in [6, 6.07) is 7.75. The summed E-state index contributed by atoms with van der Waals surface area (Å²) in [5.74, 6) is 2.60. The number of nitrogens with two attached hydrogens (primary N) is 1. The van der Waals surface area contributed by atoms with Crippen LogP contribution in [-0.2, 0) is 0 Å². The number of nitrogens with zero attached hydrogens (tertiary/aromatic N) is 1. The third-order valence-corrected chi connectivity index (χ3v) is 4.02. The monoisotopic (exact) mass is 278 g/mol. The summed E-state index contributed by atoms with van der Waals surface area (Å²) in [6.07, 6.45) is 3.73. The lowest BCUT2D eigenvalue weighted by atomic mass is 9.94. The van der Waals surface area contributed by atoms with Gasteiger partial charge in [-0.1, -0.05) is 0 Å². The van der Waals surface area contributed by atoms with Gasteiger partial charge in [-0.2, -0.15) is 0 Å². The van der Waals surface area contributed by atoms with E-state index in [1.165, 1.54) is 32.4 Å². The lowest BCUT2D eigenvalue weighted by Gasteiger charge is -2.31. The summed E-state index contributed by atoms with van der Waals surface area (Å²) in [7, 11) is 1.67. The van der Waals surface area contributed by atoms with E-state index < -0.39 is 0 Å². The van der Waals surface area contributed by atoms with Gasteiger partial charge in [-0.25, -0.2) is 0 Å². The second-order valence-corrected chi connectivity index (χ2v) is 5.39. The average molecular weight is 278 g/mol. The van der Waals surface area contributed by atoms with Crippen LogP contribution < -0.4 is 15.2 Å². The van der Waals surface area contributed by atoms with E-state index in [0.29, 0.717) is 0 Å². The van der Waals surface area contributed by atoms with E-state index in [1.807, 2.05) is 24.3 Å². The molecule has 20 heavy (non-hydrogen) atoms. The molecule has 0 saturated carbocycles. The largest absolute Gasteiger partial charge is 0.497 e. The van der Waals surface area contributed by atoms with Crippen LogP contribution in [0.2, 0.25) is 0 Å². The standard InChI is InChI=1S/C16H26N2O2/c1-19-15-2-4-16(5-3-15)20-13-12-18-10-7-14(6-9-17)8-11-18/h2-5,14H,6-13,17H2,1H3. The second-order valence-electron chi connectivity index (χ2n) is 5.39. The minimum Gasteiger partial charge on any atom is -0.497 e. The predicted molar refractivity (Wildman–Crippen MR) is 81.3 cm³/mol. The molecule has 4 nitrogen and oxygen atoms in total. The van der Waals surface area contributed by atoms with Crippen molar-refractivity contribution in [2.75, 3.05) is 39.9 Å². The molecule has 2 N–H and O–H groups in total. The molecule has 1 heterocycles. The van der Waals surface area contributed by atoms with E-state index in [-0.39, 0.29) is 0 Å². The van der Waals surface area contributed by atoms with Crippen molar-refractivity contribution in [3.63, 3.8) is 0 Å². The molecule has 112 valence electrons. The van der Waals surface area contributed by atoms with Crippen LogP contribution in [0.15, 0.2) is 24.3 Å². The van der Waals surface area contributed by atoms with Gasteiger partial charge in [0.15, 0.2) is 0 Å². The van der Waals surface area contributed by atoms with E-state index in [2.05, 4.69) is 4.90 Å². The van der Waals surface area contributed by atoms with Crippen molar-refractivity contribution in [2.45, 2.75) is 19.3 Å². The Morgan fingerprint density at radius 2 is 1.80 bits per heavy atom. The number of hydrogen-bond acceptors (Lipinski definition) is 4. The highest BCUT2D eigenvalue weighted by atomic mass is 16.5. The molecule has 1 aliphatic heterocycles. The van der Waals surface area contributed by atoms with Crippen LogP contribution in [0.4, 0.5) is 0 Å². The van der Waals surface area contributed by atoms with Crippen molar-refractivity contribution in [2.24, 2.45) is 11.7 Å². The molecule has 0 amide bonds. The Balaban J connectivity index is 1.63. The fourth-order valence-corrected chi connectivity index (χ4v) is 2.70. The number of ether oxygens (including phenoxy) is 2. The molecule has 0 aliphatic carbocycles. The minimum absolute atomic E-state index is 0.744. The molecule has 0 spiro atoms. The van der Waals surface area contributed by atoms with Crippen LogP contribution in [-0.4, -0.2) is 44.8 Å². The topological polar surface area (TPSA) is 47.7 Å². The molecule has 0 aromatic heterocycles. The van der Waals surface area contributed by atoms with Gasteiger partial charge in [-0.3, -0.25) is 4.90 Å². The summed E-state index contributed by atoms with van der Waals surface area (Å²) in [5.41, 5.74) is 5.62. The van der Waals surface area contributed by atoms with Gasteiger partial charge in [-0.05, 0) is 69.1 Å². The quantitative estimate of drug-likeness (QED) is 0.830. The average Bonchev–Trinajstić information content (AvgIpc) is 2.50. The Hall–Kier alpha value is -1.26. The number of rotatable bonds is 7. The van der Waals surface area contributed by atoms with E-state index in [0.717, 1.165) is 37.1 Å². The van der Waals surface area contributed by atoms with Gasteiger partial charge in [0, 0.05) is 6.54 Å². The summed E-state index contributed by atoms with van der Waals surface area (Å²) in [5, 5.41) is 0. The Morgan fingerprint density at radius 3 is 2.40 bits per heavy atom. The molecule has 4 heteroatoms. The van der Waals surface area contributed by atoms with E-state index in [9.17, 15) is 0 Å². The van der Waals surface area contributed by atoms with Crippen molar-refractivity contribution >= 4 is 0 Å². The van der Waals surface area contributed by atoms with Crippen LogP contribution in [0.5, 0.6) is 11.5 Å². The summed E-state index contributed by atoms with van der Waals surface area (Å²) in [6.45, 7) is 4.92. The molecule has 0 radical (unpaired) electrons. The maximum absolute atomic E-state index is 5.77. The molecular weight excluding hydrogens is 252 g/mol. The first-order chi connectivity index (χ1) is 9.81. The lowest BCUT2D eigenvalue weighted by Crippen LogP contribution is -2.36. The van der Waals surface area contributed by atoms with Crippen molar-refractivity contribution < 1.29 is 9.47 Å². The van der Waals surface area contributed by atoms with Crippen LogP contribution in [0.25, 0.3) is 0 Å². The van der Waals surface area contributed by atoms with Crippen molar-refractivity contribution in [3.8, 4) is 11.5 Å². The SMILES string of the molecule is COc1ccc(OCCN2CCC(CCN)CC2)cc1. The van der Waals surface area contributed by atoms with Crippen molar-refractivity contribution in [1.29, 1.82) is 0 Å². The number of methoxy groups -OCH3 is 1. The molecule has 1 saturated heterocycles. The first kappa shape index (κ1) is 15.1. The summed E-state index contributed by atoms with van der Waals surface area (Å²) < 4.78 is 10.9. The van der Waals surface area contributed by atoms with E-state index in [1.54, 1.807) is 7.11 Å². The van der Waals surface area contributed by atoms with Crippen LogP contribution in [0.3, 0.4) is 0 Å². The zero-order valence-electron chi connectivity index (χ0n) is 12.4. The Morgan fingerprint density at radius 1 is 1.15 bits per heavy atom. The normalized spacial score (nSPS) is 17.1. The number of likely N-dealkylation sites (tertiary alicyclic amines) is 1. The maximum Gasteiger partial charge on any atom is 0.119 e. The van der Waals surface area contributed by atoms with Gasteiger partial charge >= 0.3 is 0 Å². The van der Waals surface area contributed by atoms with Crippen LogP contribution in [0.1, 0.15) is 19.3 Å². The first-order valence-electron chi connectivity index (χ1n) is 7.51. The van der Waals surface area contributed by atoms with Gasteiger partial charge in [-0.15, -0.1) is 0 Å². The fraction of sp³-hybridized carbons (Fsp3) is 0.625. The molecule has 1 fully saturated rings. The molecule has 1 aromatic carbocycles. The Bertz CT molecular complexity index is 373. The third-order valence-electron chi connectivity index (χ3n) is 4.02. The van der Waals surface area contributed by atoms with E-state index in [4.69, 9.17) is 15.2 Å². The highest BCUT2D eigenvalue weighted by Crippen LogP contribution is 2.20. The number of hydrogen-bond donors (Lipinski definition) is 1. The smallest absolute Gasteiger partial charge is 0.119 e. The van der Waals surface area contributed by atoms with Gasteiger partial charge in [0.2, 0.25) is 0 Å². The molecule has 0 atom stereocenters. The highest BCUT2D eigenvalue weighted by Gasteiger charge is 2.18. The van der Waals surface area contributed by atoms with Crippen LogP contribution >= 0.6 is 0 Å². The fourth-order valence-electron chi connectivity index (χ4n) is 2.70. The van der Waals surface area contributed by atoms with Gasteiger partial charge in [0.25, 0.3) is 0 Å². The van der Waals surface area contributed by atoms with Crippen molar-refractivity contribution in [3.05, 3.63) is 24.3 Å². The third kappa shape index (κ3) is 4.69. The maximum atomic E-state index is 5.77. The summed E-state index contributed by atoms with van der Waals surface area (Å²) in [4.78, 5) is 2.48. The summed E-state index contributed by atoms with van der Waals surface area (Å²) >= 11 is 0. The molecule has 1 aliphatic rings. The van der Waals surface area contributed by atoms with Gasteiger partial charge in [0.1, 0.15) is 18.1 Å². The molecular formula is C16H26N2O2. The van der Waals surface area contributed by atoms with Crippen LogP contribution in [0, 0.1) is 5.92 Å².